The summed E-state index contributed by atoms with van der Waals surface area (Å²) in [7, 11) is 0. The van der Waals surface area contributed by atoms with Gasteiger partial charge in [0.05, 0.1) is 18.7 Å². The average molecular weight is 464 g/mol. The van der Waals surface area contributed by atoms with Gasteiger partial charge in [0.15, 0.2) is 0 Å². The van der Waals surface area contributed by atoms with Gasteiger partial charge < -0.3 is 25.0 Å². The summed E-state index contributed by atoms with van der Waals surface area (Å²) in [5.41, 5.74) is 3.74. The first-order valence-corrected chi connectivity index (χ1v) is 11.8. The van der Waals surface area contributed by atoms with Crippen molar-refractivity contribution in [1.82, 2.24) is 10.2 Å². The maximum Gasteiger partial charge on any atom is 0.410 e. The van der Waals surface area contributed by atoms with Crippen LogP contribution in [0.3, 0.4) is 0 Å². The van der Waals surface area contributed by atoms with Crippen LogP contribution in [0.5, 0.6) is 5.75 Å². The van der Waals surface area contributed by atoms with Gasteiger partial charge in [0.2, 0.25) is 0 Å². The number of ether oxygens (including phenoxy) is 2. The number of benzene rings is 2. The predicted molar refractivity (Wildman–Crippen MR) is 127 cm³/mol. The highest BCUT2D eigenvalue weighted by Gasteiger charge is 2.34. The average Bonchev–Trinajstić information content (AvgIpc) is 3.22. The standard InChI is InChI=1S/C25H25N3O4S/c1-2-31-25(30)28-12-11-19-20(14-28)33-24-21(19)23(29)26-22(27-24)17-9-6-10-18(13-17)32-15-16-7-4-3-5-8-16/h3-10,13,22,27H,2,11-12,14-15H2,1H3,(H,26,29)/t22-/m1/s1. The summed E-state index contributed by atoms with van der Waals surface area (Å²) in [4.78, 5) is 27.9. The number of amides is 2. The van der Waals surface area contributed by atoms with Gasteiger partial charge in [-0.15, -0.1) is 11.3 Å². The lowest BCUT2D eigenvalue weighted by atomic mass is 10.0. The largest absolute Gasteiger partial charge is 0.489 e. The Balaban J connectivity index is 1.32. The van der Waals surface area contributed by atoms with E-state index in [4.69, 9.17) is 9.47 Å². The zero-order chi connectivity index (χ0) is 22.8. The van der Waals surface area contributed by atoms with Crippen molar-refractivity contribution < 1.29 is 19.1 Å². The van der Waals surface area contributed by atoms with Crippen LogP contribution < -0.4 is 15.4 Å². The molecule has 2 N–H and O–H groups in total. The zero-order valence-electron chi connectivity index (χ0n) is 18.3. The van der Waals surface area contributed by atoms with Crippen molar-refractivity contribution in [2.45, 2.75) is 32.7 Å². The van der Waals surface area contributed by atoms with Crippen LogP contribution in [0, 0.1) is 0 Å². The number of rotatable bonds is 5. The number of carbonyl (C=O) groups excluding carboxylic acids is 2. The first-order chi connectivity index (χ1) is 16.1. The van der Waals surface area contributed by atoms with Gasteiger partial charge in [-0.05, 0) is 42.2 Å². The van der Waals surface area contributed by atoms with Gasteiger partial charge in [-0.1, -0.05) is 42.5 Å². The second-order valence-corrected chi connectivity index (χ2v) is 9.08. The summed E-state index contributed by atoms with van der Waals surface area (Å²) in [6.45, 7) is 3.64. The number of fused-ring (bicyclic) bond motifs is 3. The third-order valence-electron chi connectivity index (χ3n) is 5.80. The molecule has 33 heavy (non-hydrogen) atoms. The van der Waals surface area contributed by atoms with Gasteiger partial charge in [0.25, 0.3) is 5.91 Å². The number of nitrogens with zero attached hydrogens (tertiary/aromatic N) is 1. The minimum Gasteiger partial charge on any atom is -0.489 e. The Hall–Kier alpha value is -3.52. The molecular weight excluding hydrogens is 438 g/mol. The molecular formula is C25H25N3O4S. The van der Waals surface area contributed by atoms with Crippen molar-refractivity contribution in [2.24, 2.45) is 0 Å². The van der Waals surface area contributed by atoms with Gasteiger partial charge in [-0.2, -0.15) is 0 Å². The van der Waals surface area contributed by atoms with Crippen LogP contribution in [0.15, 0.2) is 54.6 Å². The summed E-state index contributed by atoms with van der Waals surface area (Å²) in [6.07, 6.45) is -0.0218. The van der Waals surface area contributed by atoms with Crippen molar-refractivity contribution >= 4 is 28.3 Å². The van der Waals surface area contributed by atoms with Crippen molar-refractivity contribution in [2.75, 3.05) is 18.5 Å². The molecule has 2 aromatic carbocycles. The Labute approximate surface area is 196 Å². The zero-order valence-corrected chi connectivity index (χ0v) is 19.1. The second-order valence-electron chi connectivity index (χ2n) is 7.98. The highest BCUT2D eigenvalue weighted by atomic mass is 32.1. The number of thiophene rings is 1. The fourth-order valence-electron chi connectivity index (χ4n) is 4.18. The number of hydrogen-bond acceptors (Lipinski definition) is 6. The van der Waals surface area contributed by atoms with Gasteiger partial charge in [0.1, 0.15) is 23.5 Å². The van der Waals surface area contributed by atoms with E-state index in [0.717, 1.165) is 32.3 Å². The van der Waals surface area contributed by atoms with Gasteiger partial charge in [-0.25, -0.2) is 4.79 Å². The minimum absolute atomic E-state index is 0.0913. The molecule has 0 aliphatic carbocycles. The van der Waals surface area contributed by atoms with Crippen molar-refractivity contribution in [3.05, 3.63) is 81.7 Å². The molecule has 0 fully saturated rings. The smallest absolute Gasteiger partial charge is 0.410 e. The molecule has 0 saturated carbocycles. The Morgan fingerprint density at radius 2 is 2.00 bits per heavy atom. The molecule has 5 rings (SSSR count). The highest BCUT2D eigenvalue weighted by Crippen LogP contribution is 2.41. The molecule has 1 atom stereocenters. The summed E-state index contributed by atoms with van der Waals surface area (Å²) in [5, 5.41) is 7.39. The molecule has 2 amide bonds. The Morgan fingerprint density at radius 3 is 2.82 bits per heavy atom. The third kappa shape index (κ3) is 4.39. The molecule has 1 aromatic heterocycles. The maximum atomic E-state index is 13.0. The Morgan fingerprint density at radius 1 is 1.15 bits per heavy atom. The summed E-state index contributed by atoms with van der Waals surface area (Å²) >= 11 is 1.54. The maximum absolute atomic E-state index is 13.0. The molecule has 0 saturated heterocycles. The molecule has 0 bridgehead atoms. The fourth-order valence-corrected chi connectivity index (χ4v) is 5.47. The lowest BCUT2D eigenvalue weighted by molar-refractivity contribution is 0.0934. The van der Waals surface area contributed by atoms with Crippen molar-refractivity contribution in [3.63, 3.8) is 0 Å². The summed E-state index contributed by atoms with van der Waals surface area (Å²) < 4.78 is 11.1. The number of hydrogen-bond donors (Lipinski definition) is 2. The van der Waals surface area contributed by atoms with Crippen LogP contribution >= 0.6 is 11.3 Å². The number of anilines is 1. The van der Waals surface area contributed by atoms with E-state index in [0.29, 0.717) is 38.3 Å². The quantitative estimate of drug-likeness (QED) is 0.574. The topological polar surface area (TPSA) is 79.9 Å². The van der Waals surface area contributed by atoms with E-state index in [9.17, 15) is 9.59 Å². The first-order valence-electron chi connectivity index (χ1n) is 11.0. The van der Waals surface area contributed by atoms with E-state index in [1.54, 1.807) is 11.8 Å². The van der Waals surface area contributed by atoms with Crippen LogP contribution in [0.25, 0.3) is 0 Å². The van der Waals surface area contributed by atoms with Crippen LogP contribution in [0.1, 0.15) is 45.0 Å². The molecule has 3 aromatic rings. The number of nitrogens with one attached hydrogen (secondary N) is 2. The molecule has 2 aliphatic rings. The lowest BCUT2D eigenvalue weighted by Crippen LogP contribution is -2.39. The molecule has 0 spiro atoms. The Kier molecular flexibility index (Phi) is 5.92. The van der Waals surface area contributed by atoms with E-state index < -0.39 is 0 Å². The molecule has 7 nitrogen and oxygen atoms in total. The molecule has 8 heteroatoms. The molecule has 2 aliphatic heterocycles. The van der Waals surface area contributed by atoms with E-state index in [1.165, 1.54) is 11.3 Å². The molecule has 3 heterocycles. The highest BCUT2D eigenvalue weighted by molar-refractivity contribution is 7.16. The van der Waals surface area contributed by atoms with Gasteiger partial charge in [0, 0.05) is 11.4 Å². The summed E-state index contributed by atoms with van der Waals surface area (Å²) in [5.74, 6) is 0.653. The Bertz CT molecular complexity index is 1180. The van der Waals surface area contributed by atoms with Crippen LogP contribution in [-0.4, -0.2) is 30.1 Å². The van der Waals surface area contributed by atoms with Crippen molar-refractivity contribution in [1.29, 1.82) is 0 Å². The molecule has 170 valence electrons. The second kappa shape index (κ2) is 9.15. The monoisotopic (exact) mass is 463 g/mol. The SMILES string of the molecule is CCOC(=O)N1CCc2c(sc3c2C(=O)N[C@@H](c2cccc(OCc4ccccc4)c2)N3)C1. The predicted octanol–water partition coefficient (Wildman–Crippen LogP) is 4.70. The van der Waals surface area contributed by atoms with Gasteiger partial charge >= 0.3 is 6.09 Å². The van der Waals surface area contributed by atoms with E-state index in [2.05, 4.69) is 10.6 Å². The number of carbonyl (C=O) groups is 2. The van der Waals surface area contributed by atoms with E-state index in [1.807, 2.05) is 54.6 Å². The van der Waals surface area contributed by atoms with Crippen LogP contribution in [0.4, 0.5) is 9.80 Å². The molecule has 0 unspecified atom stereocenters. The molecule has 0 radical (unpaired) electrons. The third-order valence-corrected chi connectivity index (χ3v) is 6.95. The van der Waals surface area contributed by atoms with Crippen molar-refractivity contribution in [3.8, 4) is 5.75 Å². The minimum atomic E-state index is -0.355. The van der Waals surface area contributed by atoms with Gasteiger partial charge in [-0.3, -0.25) is 4.79 Å². The fraction of sp³-hybridized carbons (Fsp3) is 0.280. The van der Waals surface area contributed by atoms with E-state index in [-0.39, 0.29) is 18.2 Å². The lowest BCUT2D eigenvalue weighted by Gasteiger charge is -2.28. The van der Waals surface area contributed by atoms with Crippen LogP contribution in [-0.2, 0) is 24.3 Å². The van der Waals surface area contributed by atoms with Crippen LogP contribution in [0.2, 0.25) is 0 Å². The van der Waals surface area contributed by atoms with E-state index >= 15 is 0 Å². The summed E-state index contributed by atoms with van der Waals surface area (Å²) in [6, 6.07) is 17.8. The first kappa shape index (κ1) is 21.3. The normalized spacial score (nSPS) is 16.8.